The molecular weight excluding hydrogens is 287 g/mol. The van der Waals surface area contributed by atoms with Crippen molar-refractivity contribution < 1.29 is 13.2 Å². The fraction of sp³-hybridized carbons (Fsp3) is 0.200. The van der Waals surface area contributed by atoms with Gasteiger partial charge in [0.05, 0.1) is 0 Å². The van der Waals surface area contributed by atoms with Gasteiger partial charge in [0.1, 0.15) is 5.82 Å². The number of alkyl halides is 2. The Morgan fingerprint density at radius 1 is 1.39 bits per heavy atom. The highest BCUT2D eigenvalue weighted by Gasteiger charge is 2.13. The van der Waals surface area contributed by atoms with Crippen LogP contribution in [0.15, 0.2) is 23.4 Å². The predicted molar refractivity (Wildman–Crippen MR) is 62.3 cm³/mol. The Hall–Kier alpha value is -1.21. The van der Waals surface area contributed by atoms with Gasteiger partial charge in [-0.3, -0.25) is 5.10 Å². The van der Waals surface area contributed by atoms with Gasteiger partial charge in [-0.15, -0.1) is 5.10 Å². The molecule has 0 atom stereocenters. The van der Waals surface area contributed by atoms with Gasteiger partial charge in [-0.1, -0.05) is 29.4 Å². The van der Waals surface area contributed by atoms with Crippen LogP contribution < -0.4 is 0 Å². The first-order valence-corrected chi connectivity index (χ1v) is 6.20. The van der Waals surface area contributed by atoms with E-state index < -0.39 is 18.1 Å². The molecule has 1 aromatic heterocycles. The molecule has 0 saturated heterocycles. The highest BCUT2D eigenvalue weighted by molar-refractivity contribution is 7.98. The summed E-state index contributed by atoms with van der Waals surface area (Å²) in [6.07, 6.45) is -2.68. The lowest BCUT2D eigenvalue weighted by atomic mass is 10.2. The molecule has 0 amide bonds. The van der Waals surface area contributed by atoms with Crippen molar-refractivity contribution in [3.05, 3.63) is 40.4 Å². The van der Waals surface area contributed by atoms with Gasteiger partial charge in [0, 0.05) is 10.8 Å². The number of hydrogen-bond acceptors (Lipinski definition) is 3. The fourth-order valence-corrected chi connectivity index (χ4v) is 2.32. The zero-order valence-electron chi connectivity index (χ0n) is 8.83. The number of hydrogen-bond donors (Lipinski definition) is 1. The Morgan fingerprint density at radius 2 is 2.17 bits per heavy atom. The van der Waals surface area contributed by atoms with E-state index in [1.165, 1.54) is 18.2 Å². The van der Waals surface area contributed by atoms with E-state index in [0.717, 1.165) is 11.8 Å². The molecule has 1 N–H and O–H groups in total. The van der Waals surface area contributed by atoms with Crippen LogP contribution in [-0.4, -0.2) is 15.2 Å². The van der Waals surface area contributed by atoms with Crippen molar-refractivity contribution >= 4 is 23.4 Å². The van der Waals surface area contributed by atoms with E-state index in [1.807, 2.05) is 0 Å². The van der Waals surface area contributed by atoms with E-state index in [4.69, 9.17) is 11.6 Å². The summed E-state index contributed by atoms with van der Waals surface area (Å²) in [7, 11) is 0. The lowest BCUT2D eigenvalue weighted by Crippen LogP contribution is -1.87. The summed E-state index contributed by atoms with van der Waals surface area (Å²) < 4.78 is 37.3. The Balaban J connectivity index is 2.02. The average molecular weight is 294 g/mol. The summed E-state index contributed by atoms with van der Waals surface area (Å²) in [6.45, 7) is 0. The van der Waals surface area contributed by atoms with E-state index in [9.17, 15) is 13.2 Å². The van der Waals surface area contributed by atoms with E-state index in [-0.39, 0.29) is 10.2 Å². The fourth-order valence-electron chi connectivity index (χ4n) is 1.20. The number of aromatic nitrogens is 3. The van der Waals surface area contributed by atoms with Gasteiger partial charge >= 0.3 is 0 Å². The van der Waals surface area contributed by atoms with Crippen LogP contribution in [0.4, 0.5) is 13.2 Å². The lowest BCUT2D eigenvalue weighted by Gasteiger charge is -2.01. The molecule has 0 radical (unpaired) electrons. The summed E-state index contributed by atoms with van der Waals surface area (Å²) >= 11 is 6.97. The second kappa shape index (κ2) is 5.62. The van der Waals surface area contributed by atoms with Crippen molar-refractivity contribution in [2.24, 2.45) is 0 Å². The zero-order valence-corrected chi connectivity index (χ0v) is 10.4. The van der Waals surface area contributed by atoms with Crippen LogP contribution in [0, 0.1) is 5.82 Å². The van der Waals surface area contributed by atoms with E-state index >= 15 is 0 Å². The van der Waals surface area contributed by atoms with Gasteiger partial charge in [0.15, 0.2) is 5.82 Å². The third-order valence-electron chi connectivity index (χ3n) is 2.06. The van der Waals surface area contributed by atoms with Crippen LogP contribution in [0.2, 0.25) is 5.02 Å². The third kappa shape index (κ3) is 3.17. The quantitative estimate of drug-likeness (QED) is 0.871. The van der Waals surface area contributed by atoms with Crippen molar-refractivity contribution in [3.8, 4) is 0 Å². The van der Waals surface area contributed by atoms with E-state index in [0.29, 0.717) is 11.3 Å². The number of H-pyrrole nitrogens is 1. The third-order valence-corrected chi connectivity index (χ3v) is 3.31. The highest BCUT2D eigenvalue weighted by atomic mass is 35.5. The molecule has 2 rings (SSSR count). The minimum absolute atomic E-state index is 0.200. The number of benzene rings is 1. The van der Waals surface area contributed by atoms with Gasteiger partial charge in [0.25, 0.3) is 6.43 Å². The van der Waals surface area contributed by atoms with Crippen molar-refractivity contribution in [1.29, 1.82) is 0 Å². The van der Waals surface area contributed by atoms with E-state index in [1.54, 1.807) is 0 Å². The summed E-state index contributed by atoms with van der Waals surface area (Å²) in [5, 5.41) is 6.25. The summed E-state index contributed by atoms with van der Waals surface area (Å²) in [6, 6.07) is 4.01. The van der Waals surface area contributed by atoms with Crippen LogP contribution in [0.1, 0.15) is 17.8 Å². The maximum atomic E-state index is 12.8. The first-order valence-electron chi connectivity index (χ1n) is 4.83. The van der Waals surface area contributed by atoms with Crippen molar-refractivity contribution in [1.82, 2.24) is 15.2 Å². The molecule has 0 unspecified atom stereocenters. The minimum Gasteiger partial charge on any atom is -0.257 e. The Bertz CT molecular complexity index is 547. The molecule has 8 heteroatoms. The second-order valence-corrected chi connectivity index (χ2v) is 4.68. The lowest BCUT2D eigenvalue weighted by molar-refractivity contribution is 0.140. The SMILES string of the molecule is Fc1ccc(CSc2n[nH]c(C(F)F)n2)c(Cl)c1. The van der Waals surface area contributed by atoms with Gasteiger partial charge in [0.2, 0.25) is 5.16 Å². The largest absolute Gasteiger partial charge is 0.296 e. The predicted octanol–water partition coefficient (Wildman–Crippen LogP) is 3.83. The smallest absolute Gasteiger partial charge is 0.257 e. The Kier molecular flexibility index (Phi) is 4.13. The molecule has 0 saturated carbocycles. The normalized spacial score (nSPS) is 11.2. The molecule has 0 fully saturated rings. The molecule has 0 aliphatic rings. The van der Waals surface area contributed by atoms with Crippen molar-refractivity contribution in [3.63, 3.8) is 0 Å². The van der Waals surface area contributed by atoms with Crippen molar-refractivity contribution in [2.75, 3.05) is 0 Å². The van der Waals surface area contributed by atoms with Gasteiger partial charge in [-0.2, -0.15) is 0 Å². The number of aromatic amines is 1. The van der Waals surface area contributed by atoms with Gasteiger partial charge < -0.3 is 0 Å². The minimum atomic E-state index is -2.68. The van der Waals surface area contributed by atoms with Crippen LogP contribution in [0.25, 0.3) is 0 Å². The Morgan fingerprint density at radius 3 is 2.78 bits per heavy atom. The zero-order chi connectivity index (χ0) is 13.1. The summed E-state index contributed by atoms with van der Waals surface area (Å²) in [5.41, 5.74) is 0.687. The average Bonchev–Trinajstić information content (AvgIpc) is 2.76. The monoisotopic (exact) mass is 293 g/mol. The van der Waals surface area contributed by atoms with Crippen LogP contribution in [0.5, 0.6) is 0 Å². The molecule has 0 bridgehead atoms. The number of nitrogens with one attached hydrogen (secondary N) is 1. The van der Waals surface area contributed by atoms with Gasteiger partial charge in [-0.05, 0) is 17.7 Å². The Labute approximate surface area is 110 Å². The summed E-state index contributed by atoms with van der Waals surface area (Å²) in [5.74, 6) is -0.519. The maximum Gasteiger partial charge on any atom is 0.296 e. The van der Waals surface area contributed by atoms with Gasteiger partial charge in [-0.25, -0.2) is 18.2 Å². The maximum absolute atomic E-state index is 12.8. The first-order chi connectivity index (χ1) is 8.56. The van der Waals surface area contributed by atoms with Crippen LogP contribution in [-0.2, 0) is 5.75 Å². The number of nitrogens with zero attached hydrogens (tertiary/aromatic N) is 2. The molecule has 1 heterocycles. The molecule has 18 heavy (non-hydrogen) atoms. The second-order valence-electron chi connectivity index (χ2n) is 3.33. The molecule has 2 aromatic rings. The molecule has 0 spiro atoms. The number of thioether (sulfide) groups is 1. The van der Waals surface area contributed by atoms with E-state index in [2.05, 4.69) is 15.2 Å². The standard InChI is InChI=1S/C10H7ClF3N3S/c11-7-3-6(12)2-1-5(7)4-18-10-15-9(8(13)14)16-17-10/h1-3,8H,4H2,(H,15,16,17). The molecule has 3 nitrogen and oxygen atoms in total. The highest BCUT2D eigenvalue weighted by Crippen LogP contribution is 2.26. The molecule has 96 valence electrons. The summed E-state index contributed by atoms with van der Waals surface area (Å²) in [4.78, 5) is 3.60. The number of halogens is 4. The van der Waals surface area contributed by atoms with Crippen LogP contribution >= 0.6 is 23.4 Å². The van der Waals surface area contributed by atoms with Crippen molar-refractivity contribution in [2.45, 2.75) is 17.3 Å². The number of rotatable bonds is 4. The molecular formula is C10H7ClF3N3S. The molecule has 0 aliphatic carbocycles. The van der Waals surface area contributed by atoms with Crippen LogP contribution in [0.3, 0.4) is 0 Å². The first kappa shape index (κ1) is 13.2. The molecule has 0 aliphatic heterocycles. The topological polar surface area (TPSA) is 41.6 Å². The molecule has 1 aromatic carbocycles.